The highest BCUT2D eigenvalue weighted by Gasteiger charge is 2.32. The number of rotatable bonds is 2. The Bertz CT molecular complexity index is 779. The molecular formula is C17H16N4O. The third-order valence-electron chi connectivity index (χ3n) is 4.15. The third-order valence-corrected chi connectivity index (χ3v) is 4.15. The van der Waals surface area contributed by atoms with Crippen LogP contribution in [0, 0.1) is 0 Å². The van der Waals surface area contributed by atoms with Gasteiger partial charge in [0.15, 0.2) is 0 Å². The Morgan fingerprint density at radius 2 is 2.14 bits per heavy atom. The van der Waals surface area contributed by atoms with Crippen LogP contribution in [0.25, 0.3) is 11.0 Å². The first kappa shape index (κ1) is 13.0. The van der Waals surface area contributed by atoms with Gasteiger partial charge in [0.2, 0.25) is 0 Å². The molecular weight excluding hydrogens is 276 g/mol. The number of nitrogens with one attached hydrogen (secondary N) is 1. The van der Waals surface area contributed by atoms with Gasteiger partial charge in [0.1, 0.15) is 5.82 Å². The number of carbonyl (C=O) groups is 1. The van der Waals surface area contributed by atoms with Crippen LogP contribution < -0.4 is 0 Å². The highest BCUT2D eigenvalue weighted by Crippen LogP contribution is 2.32. The van der Waals surface area contributed by atoms with Gasteiger partial charge in [-0.05, 0) is 37.1 Å². The largest absolute Gasteiger partial charge is 0.340 e. The summed E-state index contributed by atoms with van der Waals surface area (Å²) in [6.45, 7) is 0.759. The zero-order valence-electron chi connectivity index (χ0n) is 12.1. The quantitative estimate of drug-likeness (QED) is 0.790. The molecule has 3 heterocycles. The normalized spacial score (nSPS) is 18.0. The topological polar surface area (TPSA) is 61.9 Å². The van der Waals surface area contributed by atoms with E-state index in [1.807, 2.05) is 35.2 Å². The van der Waals surface area contributed by atoms with Crippen LogP contribution in [0.15, 0.2) is 48.8 Å². The van der Waals surface area contributed by atoms with E-state index in [1.165, 1.54) is 0 Å². The molecule has 0 spiro atoms. The van der Waals surface area contributed by atoms with E-state index in [-0.39, 0.29) is 11.9 Å². The van der Waals surface area contributed by atoms with E-state index in [1.54, 1.807) is 18.5 Å². The Balaban J connectivity index is 1.67. The zero-order chi connectivity index (χ0) is 14.9. The summed E-state index contributed by atoms with van der Waals surface area (Å²) in [6.07, 6.45) is 5.23. The molecule has 1 aliphatic rings. The molecule has 1 aromatic carbocycles. The summed E-state index contributed by atoms with van der Waals surface area (Å²) >= 11 is 0. The maximum Gasteiger partial charge on any atom is 0.256 e. The maximum absolute atomic E-state index is 12.7. The van der Waals surface area contributed by atoms with Crippen molar-refractivity contribution in [2.45, 2.75) is 18.9 Å². The minimum absolute atomic E-state index is 0.0140. The number of hydrogen-bond donors (Lipinski definition) is 1. The van der Waals surface area contributed by atoms with Gasteiger partial charge in [-0.15, -0.1) is 0 Å². The molecule has 0 saturated carbocycles. The van der Waals surface area contributed by atoms with Crippen molar-refractivity contribution in [1.29, 1.82) is 0 Å². The lowest BCUT2D eigenvalue weighted by Gasteiger charge is -2.23. The fourth-order valence-corrected chi connectivity index (χ4v) is 3.08. The summed E-state index contributed by atoms with van der Waals surface area (Å²) in [5.74, 6) is 0.895. The predicted molar refractivity (Wildman–Crippen MR) is 83.3 cm³/mol. The Morgan fingerprint density at radius 1 is 1.23 bits per heavy atom. The fraction of sp³-hybridized carbons (Fsp3) is 0.235. The maximum atomic E-state index is 12.7. The summed E-state index contributed by atoms with van der Waals surface area (Å²) in [5.41, 5.74) is 2.59. The monoisotopic (exact) mass is 292 g/mol. The van der Waals surface area contributed by atoms with Gasteiger partial charge in [0.25, 0.3) is 5.91 Å². The number of imidazole rings is 1. The minimum atomic E-state index is 0.0140. The van der Waals surface area contributed by atoms with Gasteiger partial charge in [-0.2, -0.15) is 0 Å². The SMILES string of the molecule is O=C(c1cccnc1)N1CCC[C@H]1c1nc2ccccc2[nH]1. The van der Waals surface area contributed by atoms with Crippen molar-refractivity contribution in [1.82, 2.24) is 19.9 Å². The summed E-state index contributed by atoms with van der Waals surface area (Å²) in [5, 5.41) is 0. The number of carbonyl (C=O) groups excluding carboxylic acids is 1. The molecule has 1 atom stereocenters. The smallest absolute Gasteiger partial charge is 0.256 e. The number of hydrogen-bond acceptors (Lipinski definition) is 3. The summed E-state index contributed by atoms with van der Waals surface area (Å²) in [6, 6.07) is 11.6. The Labute approximate surface area is 128 Å². The molecule has 1 amide bonds. The highest BCUT2D eigenvalue weighted by molar-refractivity contribution is 5.94. The zero-order valence-corrected chi connectivity index (χ0v) is 12.1. The van der Waals surface area contributed by atoms with Crippen LogP contribution >= 0.6 is 0 Å². The van der Waals surface area contributed by atoms with Crippen molar-refractivity contribution in [3.63, 3.8) is 0 Å². The van der Waals surface area contributed by atoms with E-state index in [9.17, 15) is 4.79 Å². The molecule has 5 nitrogen and oxygen atoms in total. The lowest BCUT2D eigenvalue weighted by molar-refractivity contribution is 0.0730. The van der Waals surface area contributed by atoms with Gasteiger partial charge in [-0.1, -0.05) is 12.1 Å². The first-order chi connectivity index (χ1) is 10.8. The number of aromatic amines is 1. The number of amides is 1. The van der Waals surface area contributed by atoms with Crippen molar-refractivity contribution < 1.29 is 4.79 Å². The van der Waals surface area contributed by atoms with Crippen molar-refractivity contribution in [3.05, 3.63) is 60.2 Å². The number of aromatic nitrogens is 3. The molecule has 1 aliphatic heterocycles. The van der Waals surface area contributed by atoms with Crippen LogP contribution in [0.5, 0.6) is 0 Å². The molecule has 3 aromatic rings. The molecule has 5 heteroatoms. The second kappa shape index (κ2) is 5.26. The van der Waals surface area contributed by atoms with E-state index in [0.29, 0.717) is 5.56 Å². The summed E-state index contributed by atoms with van der Waals surface area (Å²) in [7, 11) is 0. The van der Waals surface area contributed by atoms with E-state index >= 15 is 0 Å². The van der Waals surface area contributed by atoms with Crippen LogP contribution in [-0.4, -0.2) is 32.3 Å². The van der Waals surface area contributed by atoms with Gasteiger partial charge in [-0.25, -0.2) is 4.98 Å². The molecule has 1 N–H and O–H groups in total. The van der Waals surface area contributed by atoms with E-state index in [0.717, 1.165) is 36.2 Å². The number of nitrogens with zero attached hydrogens (tertiary/aromatic N) is 3. The average molecular weight is 292 g/mol. The molecule has 110 valence electrons. The van der Waals surface area contributed by atoms with E-state index < -0.39 is 0 Å². The fourth-order valence-electron chi connectivity index (χ4n) is 3.08. The third kappa shape index (κ3) is 2.15. The molecule has 1 saturated heterocycles. The predicted octanol–water partition coefficient (Wildman–Crippen LogP) is 2.94. The lowest BCUT2D eigenvalue weighted by atomic mass is 10.2. The number of benzene rings is 1. The van der Waals surface area contributed by atoms with Gasteiger partial charge in [-0.3, -0.25) is 9.78 Å². The second-order valence-corrected chi connectivity index (χ2v) is 5.54. The van der Waals surface area contributed by atoms with Crippen molar-refractivity contribution in [2.75, 3.05) is 6.54 Å². The molecule has 22 heavy (non-hydrogen) atoms. The average Bonchev–Trinajstić information content (AvgIpc) is 3.21. The number of H-pyrrole nitrogens is 1. The molecule has 0 bridgehead atoms. The molecule has 1 fully saturated rings. The molecule has 4 rings (SSSR count). The van der Waals surface area contributed by atoms with Gasteiger partial charge < -0.3 is 9.88 Å². The number of pyridine rings is 1. The number of fused-ring (bicyclic) bond motifs is 1. The minimum Gasteiger partial charge on any atom is -0.340 e. The first-order valence-corrected chi connectivity index (χ1v) is 7.48. The second-order valence-electron chi connectivity index (χ2n) is 5.54. The van der Waals surface area contributed by atoms with Gasteiger partial charge >= 0.3 is 0 Å². The standard InChI is InChI=1S/C17H16N4O/c22-17(12-5-3-9-18-11-12)21-10-4-8-15(21)16-19-13-6-1-2-7-14(13)20-16/h1-3,5-7,9,11,15H,4,8,10H2,(H,19,20)/t15-/m0/s1. The Hall–Kier alpha value is -2.69. The lowest BCUT2D eigenvalue weighted by Crippen LogP contribution is -2.31. The number of likely N-dealkylation sites (tertiary alicyclic amines) is 1. The van der Waals surface area contributed by atoms with Crippen LogP contribution in [0.2, 0.25) is 0 Å². The van der Waals surface area contributed by atoms with Crippen molar-refractivity contribution in [2.24, 2.45) is 0 Å². The van der Waals surface area contributed by atoms with Crippen LogP contribution in [-0.2, 0) is 0 Å². The van der Waals surface area contributed by atoms with Crippen molar-refractivity contribution in [3.8, 4) is 0 Å². The summed E-state index contributed by atoms with van der Waals surface area (Å²) < 4.78 is 0. The van der Waals surface area contributed by atoms with Gasteiger partial charge in [0, 0.05) is 18.9 Å². The van der Waals surface area contributed by atoms with Crippen LogP contribution in [0.1, 0.15) is 35.1 Å². The molecule has 0 unspecified atom stereocenters. The van der Waals surface area contributed by atoms with Gasteiger partial charge in [0.05, 0.1) is 22.6 Å². The van der Waals surface area contributed by atoms with Crippen molar-refractivity contribution >= 4 is 16.9 Å². The first-order valence-electron chi connectivity index (χ1n) is 7.48. The van der Waals surface area contributed by atoms with E-state index in [4.69, 9.17) is 0 Å². The van der Waals surface area contributed by atoms with E-state index in [2.05, 4.69) is 15.0 Å². The molecule has 0 radical (unpaired) electrons. The Kier molecular flexibility index (Phi) is 3.11. The molecule has 2 aromatic heterocycles. The number of para-hydroxylation sites is 2. The van der Waals surface area contributed by atoms with Crippen LogP contribution in [0.3, 0.4) is 0 Å². The summed E-state index contributed by atoms with van der Waals surface area (Å²) in [4.78, 5) is 26.6. The molecule has 0 aliphatic carbocycles. The highest BCUT2D eigenvalue weighted by atomic mass is 16.2. The Morgan fingerprint density at radius 3 is 2.95 bits per heavy atom. The van der Waals surface area contributed by atoms with Crippen LogP contribution in [0.4, 0.5) is 0 Å².